The molecule has 2 aromatic rings. The van der Waals surface area contributed by atoms with E-state index in [4.69, 9.17) is 0 Å². The maximum atomic E-state index is 13.3. The Kier molecular flexibility index (Phi) is 4.00. The third kappa shape index (κ3) is 3.01. The van der Waals surface area contributed by atoms with Crippen molar-refractivity contribution in [1.29, 1.82) is 0 Å². The molecule has 2 rings (SSSR count). The van der Waals surface area contributed by atoms with Gasteiger partial charge in [-0.1, -0.05) is 22.0 Å². The second kappa shape index (κ2) is 5.53. The summed E-state index contributed by atoms with van der Waals surface area (Å²) in [4.78, 5) is 13.5. The summed E-state index contributed by atoms with van der Waals surface area (Å²) in [6.07, 6.45) is 0. The Hall–Kier alpha value is -1.68. The van der Waals surface area contributed by atoms with E-state index in [2.05, 4.69) is 15.9 Å². The Morgan fingerprint density at radius 1 is 1.21 bits per heavy atom. The summed E-state index contributed by atoms with van der Waals surface area (Å²) >= 11 is 3.35. The van der Waals surface area contributed by atoms with Crippen molar-refractivity contribution in [2.24, 2.45) is 0 Å². The van der Waals surface area contributed by atoms with E-state index < -0.39 is 0 Å². The Morgan fingerprint density at radius 2 is 1.95 bits per heavy atom. The fourth-order valence-corrected chi connectivity index (χ4v) is 2.27. The summed E-state index contributed by atoms with van der Waals surface area (Å²) < 4.78 is 14.1. The minimum absolute atomic E-state index is 0.0282. The number of hydrogen-bond acceptors (Lipinski definition) is 2. The number of nitrogens with zero attached hydrogens (tertiary/aromatic N) is 1. The van der Waals surface area contributed by atoms with Crippen molar-refractivity contribution >= 4 is 33.1 Å². The molecule has 0 saturated heterocycles. The van der Waals surface area contributed by atoms with Crippen LogP contribution in [0.4, 0.5) is 15.8 Å². The summed E-state index contributed by atoms with van der Waals surface area (Å²) in [5.41, 5.74) is 2.05. The van der Waals surface area contributed by atoms with E-state index in [1.807, 2.05) is 19.2 Å². The van der Waals surface area contributed by atoms with E-state index in [1.54, 1.807) is 23.1 Å². The number of Topliss-reactive ketones (excluding diaryl/α,β-unsaturated/α-hetero) is 1. The number of anilines is 2. The fourth-order valence-electron chi connectivity index (χ4n) is 1.91. The van der Waals surface area contributed by atoms with Crippen LogP contribution in [-0.4, -0.2) is 12.8 Å². The van der Waals surface area contributed by atoms with Crippen LogP contribution in [0.2, 0.25) is 0 Å². The van der Waals surface area contributed by atoms with E-state index in [1.165, 1.54) is 19.1 Å². The van der Waals surface area contributed by atoms with Crippen LogP contribution in [0.15, 0.2) is 46.9 Å². The average Bonchev–Trinajstić information content (AvgIpc) is 2.37. The first-order valence-corrected chi connectivity index (χ1v) is 6.58. The molecule has 0 aliphatic carbocycles. The third-order valence-corrected chi connectivity index (χ3v) is 3.39. The van der Waals surface area contributed by atoms with Gasteiger partial charge in [-0.05, 0) is 43.3 Å². The molecule has 0 saturated carbocycles. The molecule has 0 fully saturated rings. The largest absolute Gasteiger partial charge is 0.344 e. The van der Waals surface area contributed by atoms with Gasteiger partial charge in [0.15, 0.2) is 5.78 Å². The SMILES string of the molecule is CC(=O)c1cc(Br)ccc1N(C)c1cccc(F)c1. The number of rotatable bonds is 3. The second-order valence-corrected chi connectivity index (χ2v) is 5.17. The van der Waals surface area contributed by atoms with Gasteiger partial charge in [0.2, 0.25) is 0 Å². The van der Waals surface area contributed by atoms with E-state index in [0.29, 0.717) is 11.3 Å². The van der Waals surface area contributed by atoms with Gasteiger partial charge in [0, 0.05) is 22.8 Å². The zero-order chi connectivity index (χ0) is 14.0. The molecule has 2 aromatic carbocycles. The Bertz CT molecular complexity index is 627. The highest BCUT2D eigenvalue weighted by Gasteiger charge is 2.13. The van der Waals surface area contributed by atoms with Crippen molar-refractivity contribution in [3.63, 3.8) is 0 Å². The van der Waals surface area contributed by atoms with E-state index in [0.717, 1.165) is 10.2 Å². The van der Waals surface area contributed by atoms with Crippen LogP contribution in [0.25, 0.3) is 0 Å². The molecule has 0 bridgehead atoms. The van der Waals surface area contributed by atoms with Crippen LogP contribution in [0.3, 0.4) is 0 Å². The predicted octanol–water partition coefficient (Wildman–Crippen LogP) is 4.56. The normalized spacial score (nSPS) is 10.3. The lowest BCUT2D eigenvalue weighted by Crippen LogP contribution is -2.13. The molecular formula is C15H13BrFNO. The molecule has 0 N–H and O–H groups in total. The summed E-state index contributed by atoms with van der Waals surface area (Å²) in [5, 5.41) is 0. The van der Waals surface area contributed by atoms with E-state index in [-0.39, 0.29) is 11.6 Å². The van der Waals surface area contributed by atoms with Gasteiger partial charge in [-0.25, -0.2) is 4.39 Å². The monoisotopic (exact) mass is 321 g/mol. The molecular weight excluding hydrogens is 309 g/mol. The summed E-state index contributed by atoms with van der Waals surface area (Å²) in [6.45, 7) is 1.52. The molecule has 0 aliphatic rings. The van der Waals surface area contributed by atoms with Gasteiger partial charge in [-0.2, -0.15) is 0 Å². The molecule has 4 heteroatoms. The molecule has 0 radical (unpaired) electrons. The molecule has 0 amide bonds. The van der Waals surface area contributed by atoms with Crippen LogP contribution in [0.5, 0.6) is 0 Å². The Balaban J connectivity index is 2.49. The maximum Gasteiger partial charge on any atom is 0.161 e. The number of halogens is 2. The molecule has 2 nitrogen and oxygen atoms in total. The third-order valence-electron chi connectivity index (χ3n) is 2.89. The number of benzene rings is 2. The van der Waals surface area contributed by atoms with Crippen molar-refractivity contribution in [3.8, 4) is 0 Å². The van der Waals surface area contributed by atoms with Gasteiger partial charge in [0.1, 0.15) is 5.82 Å². The van der Waals surface area contributed by atoms with E-state index >= 15 is 0 Å². The van der Waals surface area contributed by atoms with Crippen molar-refractivity contribution in [2.45, 2.75) is 6.92 Å². The Labute approximate surface area is 120 Å². The van der Waals surface area contributed by atoms with Gasteiger partial charge in [-0.3, -0.25) is 4.79 Å². The van der Waals surface area contributed by atoms with Gasteiger partial charge in [0.25, 0.3) is 0 Å². The number of carbonyl (C=O) groups is 1. The highest BCUT2D eigenvalue weighted by Crippen LogP contribution is 2.29. The standard InChI is InChI=1S/C15H13BrFNO/c1-10(19)14-8-11(16)6-7-15(14)18(2)13-5-3-4-12(17)9-13/h3-9H,1-2H3. The molecule has 0 aromatic heterocycles. The lowest BCUT2D eigenvalue weighted by atomic mass is 10.1. The molecule has 19 heavy (non-hydrogen) atoms. The first kappa shape index (κ1) is 13.7. The van der Waals surface area contributed by atoms with Crippen molar-refractivity contribution in [3.05, 3.63) is 58.3 Å². The predicted molar refractivity (Wildman–Crippen MR) is 78.6 cm³/mol. The first-order chi connectivity index (χ1) is 8.99. The lowest BCUT2D eigenvalue weighted by molar-refractivity contribution is 0.101. The van der Waals surface area contributed by atoms with Crippen LogP contribution >= 0.6 is 15.9 Å². The zero-order valence-electron chi connectivity index (χ0n) is 10.7. The Morgan fingerprint density at radius 3 is 2.58 bits per heavy atom. The van der Waals surface area contributed by atoms with Gasteiger partial charge < -0.3 is 4.90 Å². The van der Waals surface area contributed by atoms with Crippen molar-refractivity contribution in [1.82, 2.24) is 0 Å². The lowest BCUT2D eigenvalue weighted by Gasteiger charge is -2.22. The minimum Gasteiger partial charge on any atom is -0.344 e. The van der Waals surface area contributed by atoms with Crippen molar-refractivity contribution in [2.75, 3.05) is 11.9 Å². The van der Waals surface area contributed by atoms with Crippen LogP contribution in [-0.2, 0) is 0 Å². The van der Waals surface area contributed by atoms with Gasteiger partial charge in [0.05, 0.1) is 5.69 Å². The number of ketones is 1. The van der Waals surface area contributed by atoms with Gasteiger partial charge >= 0.3 is 0 Å². The number of hydrogen-bond donors (Lipinski definition) is 0. The van der Waals surface area contributed by atoms with Crippen LogP contribution < -0.4 is 4.90 Å². The summed E-state index contributed by atoms with van der Waals surface area (Å²) in [7, 11) is 1.81. The first-order valence-electron chi connectivity index (χ1n) is 5.79. The average molecular weight is 322 g/mol. The highest BCUT2D eigenvalue weighted by molar-refractivity contribution is 9.10. The number of carbonyl (C=O) groups excluding carboxylic acids is 1. The molecule has 0 atom stereocenters. The molecule has 0 aliphatic heterocycles. The minimum atomic E-state index is -0.300. The second-order valence-electron chi connectivity index (χ2n) is 4.26. The summed E-state index contributed by atoms with van der Waals surface area (Å²) in [6, 6.07) is 11.7. The van der Waals surface area contributed by atoms with Crippen LogP contribution in [0.1, 0.15) is 17.3 Å². The maximum absolute atomic E-state index is 13.3. The zero-order valence-corrected chi connectivity index (χ0v) is 12.2. The van der Waals surface area contributed by atoms with E-state index in [9.17, 15) is 9.18 Å². The topological polar surface area (TPSA) is 20.3 Å². The smallest absolute Gasteiger partial charge is 0.161 e. The van der Waals surface area contributed by atoms with Gasteiger partial charge in [-0.15, -0.1) is 0 Å². The molecule has 0 spiro atoms. The van der Waals surface area contributed by atoms with Crippen LogP contribution in [0, 0.1) is 5.82 Å². The highest BCUT2D eigenvalue weighted by atomic mass is 79.9. The fraction of sp³-hybridized carbons (Fsp3) is 0.133. The van der Waals surface area contributed by atoms with Crippen molar-refractivity contribution < 1.29 is 9.18 Å². The summed E-state index contributed by atoms with van der Waals surface area (Å²) in [5.74, 6) is -0.328. The molecule has 0 unspecified atom stereocenters. The molecule has 0 heterocycles. The quantitative estimate of drug-likeness (QED) is 0.772. The molecule has 98 valence electrons.